The summed E-state index contributed by atoms with van der Waals surface area (Å²) in [5.74, 6) is -0.623. The normalized spacial score (nSPS) is 20.7. The average molecular weight is 389 g/mol. The molecule has 1 fully saturated rings. The first-order chi connectivity index (χ1) is 11.8. The Kier molecular flexibility index (Phi) is 6.93. The number of likely N-dealkylation sites (N-methyl/N-ethyl adjacent to an activating group) is 1. The summed E-state index contributed by atoms with van der Waals surface area (Å²) < 4.78 is 5.59. The SMILES string of the molecule is CCN(CC(=O)O)C1CC(NC(=O)C(C)Oc2cc(Cl)cc(Cl)c2)C1. The summed E-state index contributed by atoms with van der Waals surface area (Å²) in [7, 11) is 0. The van der Waals surface area contributed by atoms with E-state index in [1.165, 1.54) is 0 Å². The number of carboxylic acids is 1. The first-order valence-corrected chi connectivity index (χ1v) is 8.93. The summed E-state index contributed by atoms with van der Waals surface area (Å²) in [4.78, 5) is 25.0. The second-order valence-corrected chi connectivity index (χ2v) is 7.03. The Labute approximate surface area is 157 Å². The number of carbonyl (C=O) groups excluding carboxylic acids is 1. The zero-order chi connectivity index (χ0) is 18.6. The van der Waals surface area contributed by atoms with Crippen LogP contribution in [-0.2, 0) is 9.59 Å². The molecule has 1 aromatic carbocycles. The largest absolute Gasteiger partial charge is 0.481 e. The molecule has 2 rings (SSSR count). The Morgan fingerprint density at radius 3 is 2.44 bits per heavy atom. The van der Waals surface area contributed by atoms with E-state index in [4.69, 9.17) is 33.0 Å². The summed E-state index contributed by atoms with van der Waals surface area (Å²) in [5.41, 5.74) is 0. The van der Waals surface area contributed by atoms with Gasteiger partial charge in [-0.15, -0.1) is 0 Å². The summed E-state index contributed by atoms with van der Waals surface area (Å²) in [6.45, 7) is 4.29. The van der Waals surface area contributed by atoms with Crippen LogP contribution in [0.3, 0.4) is 0 Å². The molecule has 1 aliphatic carbocycles. The van der Waals surface area contributed by atoms with E-state index >= 15 is 0 Å². The molecule has 1 saturated carbocycles. The molecule has 1 amide bonds. The highest BCUT2D eigenvalue weighted by atomic mass is 35.5. The lowest BCUT2D eigenvalue weighted by molar-refractivity contribution is -0.140. The van der Waals surface area contributed by atoms with Crippen molar-refractivity contribution in [3.8, 4) is 5.75 Å². The molecule has 1 aromatic rings. The number of nitrogens with zero attached hydrogens (tertiary/aromatic N) is 1. The third-order valence-corrected chi connectivity index (χ3v) is 4.68. The van der Waals surface area contributed by atoms with Gasteiger partial charge in [-0.05, 0) is 44.5 Å². The van der Waals surface area contributed by atoms with Crippen LogP contribution in [0.15, 0.2) is 18.2 Å². The van der Waals surface area contributed by atoms with E-state index in [1.807, 2.05) is 11.8 Å². The van der Waals surface area contributed by atoms with Crippen LogP contribution in [-0.4, -0.2) is 53.2 Å². The lowest BCUT2D eigenvalue weighted by Crippen LogP contribution is -2.56. The second-order valence-electron chi connectivity index (χ2n) is 6.15. The van der Waals surface area contributed by atoms with E-state index in [1.54, 1.807) is 25.1 Å². The van der Waals surface area contributed by atoms with Gasteiger partial charge in [0.1, 0.15) is 5.75 Å². The third kappa shape index (κ3) is 5.76. The molecule has 0 heterocycles. The van der Waals surface area contributed by atoms with E-state index in [0.29, 0.717) is 22.3 Å². The predicted octanol–water partition coefficient (Wildman–Crippen LogP) is 2.81. The van der Waals surface area contributed by atoms with Crippen LogP contribution in [0.2, 0.25) is 10.0 Å². The molecule has 25 heavy (non-hydrogen) atoms. The van der Waals surface area contributed by atoms with Crippen molar-refractivity contribution in [3.05, 3.63) is 28.2 Å². The van der Waals surface area contributed by atoms with Crippen molar-refractivity contribution < 1.29 is 19.4 Å². The molecule has 0 aromatic heterocycles. The zero-order valence-electron chi connectivity index (χ0n) is 14.2. The van der Waals surface area contributed by atoms with Gasteiger partial charge in [0.15, 0.2) is 6.10 Å². The molecule has 1 aliphatic rings. The summed E-state index contributed by atoms with van der Waals surface area (Å²) in [6, 6.07) is 5.01. The van der Waals surface area contributed by atoms with Crippen molar-refractivity contribution in [2.75, 3.05) is 13.1 Å². The Morgan fingerprint density at radius 2 is 1.92 bits per heavy atom. The number of rotatable bonds is 8. The smallest absolute Gasteiger partial charge is 0.317 e. The van der Waals surface area contributed by atoms with Gasteiger partial charge >= 0.3 is 5.97 Å². The number of amides is 1. The topological polar surface area (TPSA) is 78.9 Å². The van der Waals surface area contributed by atoms with Crippen molar-refractivity contribution in [1.82, 2.24) is 10.2 Å². The van der Waals surface area contributed by atoms with E-state index in [9.17, 15) is 9.59 Å². The Balaban J connectivity index is 1.80. The van der Waals surface area contributed by atoms with Gasteiger partial charge < -0.3 is 15.2 Å². The molecule has 6 nitrogen and oxygen atoms in total. The molecule has 0 aliphatic heterocycles. The van der Waals surface area contributed by atoms with Gasteiger partial charge in [-0.2, -0.15) is 0 Å². The van der Waals surface area contributed by atoms with Crippen molar-refractivity contribution in [2.24, 2.45) is 0 Å². The van der Waals surface area contributed by atoms with Crippen molar-refractivity contribution in [3.63, 3.8) is 0 Å². The Bertz CT molecular complexity index is 615. The minimum absolute atomic E-state index is 0.0247. The van der Waals surface area contributed by atoms with Gasteiger partial charge in [-0.3, -0.25) is 14.5 Å². The molecule has 0 spiro atoms. The molecule has 0 saturated heterocycles. The maximum absolute atomic E-state index is 12.2. The van der Waals surface area contributed by atoms with Crippen LogP contribution < -0.4 is 10.1 Å². The minimum Gasteiger partial charge on any atom is -0.481 e. The van der Waals surface area contributed by atoms with Gasteiger partial charge in [-0.1, -0.05) is 30.1 Å². The van der Waals surface area contributed by atoms with Gasteiger partial charge in [0, 0.05) is 22.1 Å². The van der Waals surface area contributed by atoms with E-state index in [0.717, 1.165) is 12.8 Å². The number of aliphatic carboxylic acids is 1. The Hall–Kier alpha value is -1.50. The molecule has 1 atom stereocenters. The van der Waals surface area contributed by atoms with E-state index in [-0.39, 0.29) is 24.5 Å². The van der Waals surface area contributed by atoms with E-state index in [2.05, 4.69) is 5.32 Å². The average Bonchev–Trinajstić information content (AvgIpc) is 2.46. The number of ether oxygens (including phenoxy) is 1. The highest BCUT2D eigenvalue weighted by Gasteiger charge is 2.35. The van der Waals surface area contributed by atoms with Gasteiger partial charge in [0.2, 0.25) is 0 Å². The fraction of sp³-hybridized carbons (Fsp3) is 0.529. The Morgan fingerprint density at radius 1 is 1.32 bits per heavy atom. The molecule has 138 valence electrons. The molecular formula is C17H22Cl2N2O4. The highest BCUT2D eigenvalue weighted by Crippen LogP contribution is 2.27. The lowest BCUT2D eigenvalue weighted by atomic mass is 9.85. The van der Waals surface area contributed by atoms with Crippen molar-refractivity contribution in [2.45, 2.75) is 44.9 Å². The van der Waals surface area contributed by atoms with Crippen LogP contribution in [0.5, 0.6) is 5.75 Å². The number of benzene rings is 1. The predicted molar refractivity (Wildman–Crippen MR) is 96.4 cm³/mol. The summed E-state index contributed by atoms with van der Waals surface area (Å²) in [5, 5.41) is 12.7. The standard InChI is InChI=1S/C17H22Cl2N2O4/c1-3-21(9-16(22)23)14-7-13(8-14)20-17(24)10(2)25-15-5-11(18)4-12(19)6-15/h4-6,10,13-14H,3,7-9H2,1-2H3,(H,20,24)(H,22,23). The van der Waals surface area contributed by atoms with Crippen LogP contribution in [0, 0.1) is 0 Å². The molecule has 0 bridgehead atoms. The quantitative estimate of drug-likeness (QED) is 0.715. The first kappa shape index (κ1) is 19.8. The molecule has 8 heteroatoms. The third-order valence-electron chi connectivity index (χ3n) is 4.24. The van der Waals surface area contributed by atoms with Crippen molar-refractivity contribution >= 4 is 35.1 Å². The maximum Gasteiger partial charge on any atom is 0.317 e. The number of halogens is 2. The molecular weight excluding hydrogens is 367 g/mol. The van der Waals surface area contributed by atoms with Crippen molar-refractivity contribution in [1.29, 1.82) is 0 Å². The van der Waals surface area contributed by atoms with Gasteiger partial charge in [0.05, 0.1) is 6.54 Å². The number of carbonyl (C=O) groups is 2. The first-order valence-electron chi connectivity index (χ1n) is 8.17. The minimum atomic E-state index is -0.837. The number of hydrogen-bond acceptors (Lipinski definition) is 4. The van der Waals surface area contributed by atoms with Crippen LogP contribution in [0.25, 0.3) is 0 Å². The summed E-state index contributed by atoms with van der Waals surface area (Å²) >= 11 is 11.8. The lowest BCUT2D eigenvalue weighted by Gasteiger charge is -2.42. The molecule has 1 unspecified atom stereocenters. The number of carboxylic acid groups (broad SMARTS) is 1. The number of nitrogens with one attached hydrogen (secondary N) is 1. The monoisotopic (exact) mass is 388 g/mol. The van der Waals surface area contributed by atoms with Crippen LogP contribution in [0.1, 0.15) is 26.7 Å². The van der Waals surface area contributed by atoms with Gasteiger partial charge in [0.25, 0.3) is 5.91 Å². The van der Waals surface area contributed by atoms with Crippen LogP contribution in [0.4, 0.5) is 0 Å². The fourth-order valence-corrected chi connectivity index (χ4v) is 3.36. The number of hydrogen-bond donors (Lipinski definition) is 2. The summed E-state index contributed by atoms with van der Waals surface area (Å²) in [6.07, 6.45) is 0.792. The van der Waals surface area contributed by atoms with Gasteiger partial charge in [-0.25, -0.2) is 0 Å². The van der Waals surface area contributed by atoms with Crippen LogP contribution >= 0.6 is 23.2 Å². The second kappa shape index (κ2) is 8.74. The maximum atomic E-state index is 12.2. The van der Waals surface area contributed by atoms with E-state index < -0.39 is 12.1 Å². The zero-order valence-corrected chi connectivity index (χ0v) is 15.7. The molecule has 2 N–H and O–H groups in total. The molecule has 0 radical (unpaired) electrons. The fourth-order valence-electron chi connectivity index (χ4n) is 2.85. The highest BCUT2D eigenvalue weighted by molar-refractivity contribution is 6.34.